The van der Waals surface area contributed by atoms with Crippen LogP contribution in [0, 0.1) is 0 Å². The number of aromatic nitrogens is 1. The van der Waals surface area contributed by atoms with Crippen molar-refractivity contribution in [3.63, 3.8) is 0 Å². The lowest BCUT2D eigenvalue weighted by molar-refractivity contribution is -0.138. The predicted octanol–water partition coefficient (Wildman–Crippen LogP) is 2.93. The van der Waals surface area contributed by atoms with E-state index in [1.54, 1.807) is 0 Å². The lowest BCUT2D eigenvalue weighted by atomic mass is 10.1. The van der Waals surface area contributed by atoms with Gasteiger partial charge in [-0.2, -0.15) is 13.2 Å². The molecular weight excluding hydrogens is 389 g/mol. The van der Waals surface area contributed by atoms with Crippen molar-refractivity contribution in [1.82, 2.24) is 15.2 Å². The number of imide groups is 1. The van der Waals surface area contributed by atoms with E-state index in [4.69, 9.17) is 0 Å². The zero-order chi connectivity index (χ0) is 21.2. The second kappa shape index (κ2) is 7.90. The van der Waals surface area contributed by atoms with E-state index in [9.17, 15) is 27.6 Å². The van der Waals surface area contributed by atoms with Gasteiger partial charge in [0.25, 0.3) is 11.8 Å². The van der Waals surface area contributed by atoms with E-state index in [0.717, 1.165) is 17.0 Å². The first-order valence-corrected chi connectivity index (χ1v) is 8.71. The van der Waals surface area contributed by atoms with Gasteiger partial charge in [0.1, 0.15) is 5.82 Å². The summed E-state index contributed by atoms with van der Waals surface area (Å²) < 4.78 is 39.7. The summed E-state index contributed by atoms with van der Waals surface area (Å²) >= 11 is 0. The van der Waals surface area contributed by atoms with Crippen molar-refractivity contribution >= 4 is 23.7 Å². The van der Waals surface area contributed by atoms with Crippen LogP contribution in [0.2, 0.25) is 0 Å². The van der Waals surface area contributed by atoms with Crippen molar-refractivity contribution < 1.29 is 27.6 Å². The van der Waals surface area contributed by atoms with Crippen LogP contribution < -0.4 is 10.2 Å². The summed E-state index contributed by atoms with van der Waals surface area (Å²) in [4.78, 5) is 43.2. The molecule has 0 radical (unpaired) electrons. The Hall–Kier alpha value is -3.43. The van der Waals surface area contributed by atoms with Crippen LogP contribution in [0.4, 0.5) is 23.8 Å². The fourth-order valence-electron chi connectivity index (χ4n) is 3.01. The average Bonchev–Trinajstić information content (AvgIpc) is 2.72. The van der Waals surface area contributed by atoms with Crippen molar-refractivity contribution in [2.24, 2.45) is 0 Å². The highest BCUT2D eigenvalue weighted by Gasteiger charge is 2.39. The summed E-state index contributed by atoms with van der Waals surface area (Å²) in [5.41, 5.74) is -1.39. The van der Waals surface area contributed by atoms with Gasteiger partial charge in [-0.3, -0.25) is 19.4 Å². The Balaban J connectivity index is 1.87. The van der Waals surface area contributed by atoms with Crippen LogP contribution in [0.1, 0.15) is 32.7 Å². The number of amides is 4. The number of halogens is 3. The van der Waals surface area contributed by atoms with Crippen molar-refractivity contribution in [2.75, 3.05) is 25.0 Å². The van der Waals surface area contributed by atoms with Crippen molar-refractivity contribution in [3.05, 3.63) is 59.3 Å². The van der Waals surface area contributed by atoms with Crippen LogP contribution in [0.5, 0.6) is 0 Å². The molecule has 29 heavy (non-hydrogen) atoms. The minimum absolute atomic E-state index is 0.00329. The van der Waals surface area contributed by atoms with Gasteiger partial charge in [-0.15, -0.1) is 0 Å². The molecule has 1 aromatic heterocycles. The molecule has 0 unspecified atom stereocenters. The third-order valence-corrected chi connectivity index (χ3v) is 4.45. The van der Waals surface area contributed by atoms with Crippen LogP contribution in [0.15, 0.2) is 42.6 Å². The highest BCUT2D eigenvalue weighted by molar-refractivity contribution is 6.09. The Morgan fingerprint density at radius 2 is 1.83 bits per heavy atom. The van der Waals surface area contributed by atoms with Gasteiger partial charge < -0.3 is 5.32 Å². The summed E-state index contributed by atoms with van der Waals surface area (Å²) in [5, 5.41) is 2.44. The van der Waals surface area contributed by atoms with Crippen LogP contribution in [0.3, 0.4) is 0 Å². The van der Waals surface area contributed by atoms with Gasteiger partial charge in [0.05, 0.1) is 16.7 Å². The number of hydrogen-bond donors (Lipinski definition) is 1. The summed E-state index contributed by atoms with van der Waals surface area (Å²) in [6.07, 6.45) is -3.08. The average molecular weight is 406 g/mol. The van der Waals surface area contributed by atoms with Crippen molar-refractivity contribution in [3.8, 4) is 0 Å². The smallest absolute Gasteiger partial charge is 0.355 e. The summed E-state index contributed by atoms with van der Waals surface area (Å²) in [7, 11) is 1.46. The summed E-state index contributed by atoms with van der Waals surface area (Å²) in [6, 6.07) is 6.49. The van der Waals surface area contributed by atoms with Crippen LogP contribution in [0.25, 0.3) is 0 Å². The molecule has 1 aliphatic rings. The standard InChI is InChI=1S/C19H17F3N4O3/c1-23-16(27)12-7-8-15(24-11-12)25-9-4-10-26(18(25)29)17(28)13-5-2-3-6-14(13)19(20,21)22/h2-3,5-8,11H,4,9-10H2,1H3,(H,23,27). The molecule has 2 heterocycles. The molecule has 0 saturated carbocycles. The Morgan fingerprint density at radius 1 is 1.10 bits per heavy atom. The number of nitrogens with zero attached hydrogens (tertiary/aromatic N) is 3. The number of carbonyl (C=O) groups is 3. The zero-order valence-corrected chi connectivity index (χ0v) is 15.4. The van der Waals surface area contributed by atoms with E-state index < -0.39 is 29.2 Å². The van der Waals surface area contributed by atoms with E-state index >= 15 is 0 Å². The third-order valence-electron chi connectivity index (χ3n) is 4.45. The maximum absolute atomic E-state index is 13.2. The number of carbonyl (C=O) groups excluding carboxylic acids is 3. The third kappa shape index (κ3) is 4.05. The monoisotopic (exact) mass is 406 g/mol. The normalized spacial score (nSPS) is 14.7. The SMILES string of the molecule is CNC(=O)c1ccc(N2CCCN(C(=O)c3ccccc3C(F)(F)F)C2=O)nc1. The largest absolute Gasteiger partial charge is 0.417 e. The number of benzene rings is 1. The van der Waals surface area contributed by atoms with Gasteiger partial charge in [0.15, 0.2) is 0 Å². The Labute approximate surface area is 164 Å². The van der Waals surface area contributed by atoms with Gasteiger partial charge in [-0.05, 0) is 30.7 Å². The minimum atomic E-state index is -4.72. The van der Waals surface area contributed by atoms with Crippen molar-refractivity contribution in [2.45, 2.75) is 12.6 Å². The first-order valence-electron chi connectivity index (χ1n) is 8.71. The molecule has 4 amide bonds. The molecule has 0 spiro atoms. The molecule has 0 atom stereocenters. The van der Waals surface area contributed by atoms with E-state index in [1.807, 2.05) is 0 Å². The molecule has 1 N–H and O–H groups in total. The summed E-state index contributed by atoms with van der Waals surface area (Å²) in [5.74, 6) is -1.17. The van der Waals surface area contributed by atoms with E-state index in [0.29, 0.717) is 6.42 Å². The molecule has 1 aromatic carbocycles. The maximum Gasteiger partial charge on any atom is 0.417 e. The zero-order valence-electron chi connectivity index (χ0n) is 15.4. The molecule has 152 valence electrons. The van der Waals surface area contributed by atoms with Crippen LogP contribution in [-0.2, 0) is 6.18 Å². The Morgan fingerprint density at radius 3 is 2.45 bits per heavy atom. The molecule has 1 aliphatic heterocycles. The number of alkyl halides is 3. The molecule has 3 rings (SSSR count). The molecule has 10 heteroatoms. The van der Waals surface area contributed by atoms with Gasteiger partial charge in [0, 0.05) is 26.3 Å². The number of nitrogens with one attached hydrogen (secondary N) is 1. The van der Waals surface area contributed by atoms with Crippen molar-refractivity contribution in [1.29, 1.82) is 0 Å². The maximum atomic E-state index is 13.2. The molecule has 1 saturated heterocycles. The van der Waals surface area contributed by atoms with E-state index in [2.05, 4.69) is 10.3 Å². The number of rotatable bonds is 3. The first kappa shape index (κ1) is 20.3. The fourth-order valence-corrected chi connectivity index (χ4v) is 3.01. The number of anilines is 1. The number of pyridine rings is 1. The highest BCUT2D eigenvalue weighted by Crippen LogP contribution is 2.33. The topological polar surface area (TPSA) is 82.6 Å². The van der Waals surface area contributed by atoms with Crippen LogP contribution >= 0.6 is 0 Å². The van der Waals surface area contributed by atoms with Gasteiger partial charge in [0.2, 0.25) is 0 Å². The van der Waals surface area contributed by atoms with Gasteiger partial charge in [-0.1, -0.05) is 12.1 Å². The van der Waals surface area contributed by atoms with Gasteiger partial charge in [-0.25, -0.2) is 9.78 Å². The molecule has 1 fully saturated rings. The Bertz CT molecular complexity index is 944. The lowest BCUT2D eigenvalue weighted by Crippen LogP contribution is -2.52. The second-order valence-corrected chi connectivity index (χ2v) is 6.27. The molecule has 0 bridgehead atoms. The molecule has 7 nitrogen and oxygen atoms in total. The molecule has 0 aliphatic carbocycles. The predicted molar refractivity (Wildman–Crippen MR) is 97.5 cm³/mol. The fraction of sp³-hybridized carbons (Fsp3) is 0.263. The van der Waals surface area contributed by atoms with Gasteiger partial charge >= 0.3 is 12.2 Å². The van der Waals surface area contributed by atoms with Crippen LogP contribution in [-0.4, -0.2) is 47.9 Å². The lowest BCUT2D eigenvalue weighted by Gasteiger charge is -2.34. The number of hydrogen-bond acceptors (Lipinski definition) is 4. The van der Waals surface area contributed by atoms with E-state index in [1.165, 1.54) is 42.4 Å². The quantitative estimate of drug-likeness (QED) is 0.850. The summed E-state index contributed by atoms with van der Waals surface area (Å²) in [6.45, 7) is 0.243. The highest BCUT2D eigenvalue weighted by atomic mass is 19.4. The van der Waals surface area contributed by atoms with E-state index in [-0.39, 0.29) is 30.4 Å². The molecule has 2 aromatic rings. The molecular formula is C19H17F3N4O3. The minimum Gasteiger partial charge on any atom is -0.355 e. The number of urea groups is 1. The first-order chi connectivity index (χ1) is 13.7. The Kier molecular flexibility index (Phi) is 5.53. The second-order valence-electron chi connectivity index (χ2n) is 6.27.